The highest BCUT2D eigenvalue weighted by atomic mass is 16.1. The Hall–Kier alpha value is -1.52. The lowest BCUT2D eigenvalue weighted by atomic mass is 9.82. The molecule has 0 rings (SSSR count). The highest BCUT2D eigenvalue weighted by molar-refractivity contribution is 5.92. The lowest BCUT2D eigenvalue weighted by molar-refractivity contribution is -0.114. The predicted molar refractivity (Wildman–Crippen MR) is 95.8 cm³/mol. The first kappa shape index (κ1) is 25.4. The van der Waals surface area contributed by atoms with Crippen molar-refractivity contribution in [2.75, 3.05) is 0 Å². The van der Waals surface area contributed by atoms with Crippen LogP contribution >= 0.6 is 0 Å². The van der Waals surface area contributed by atoms with Crippen molar-refractivity contribution in [1.82, 2.24) is 10.6 Å². The SMILES string of the molecule is C.CC(=O)C(C)=CNC(C)(C)C(C)(C)NC=C(C)C(C)=O.[B]. The smallest absolute Gasteiger partial charge is 0.156 e. The minimum Gasteiger partial charge on any atom is -0.383 e. The third-order valence-electron chi connectivity index (χ3n) is 3.97. The van der Waals surface area contributed by atoms with E-state index in [1.54, 1.807) is 40.1 Å². The van der Waals surface area contributed by atoms with E-state index in [0.717, 1.165) is 0 Å². The number of carbonyl (C=O) groups excluding carboxylic acids is 2. The van der Waals surface area contributed by atoms with Crippen molar-refractivity contribution in [3.8, 4) is 0 Å². The maximum Gasteiger partial charge on any atom is 0.156 e. The normalized spacial score (nSPS) is 12.7. The summed E-state index contributed by atoms with van der Waals surface area (Å²) in [6.07, 6.45) is 3.49. The molecule has 0 amide bonds. The molecular formula is C17H32BN2O2. The van der Waals surface area contributed by atoms with Gasteiger partial charge in [-0.05, 0) is 55.4 Å². The average Bonchev–Trinajstić information content (AvgIpc) is 2.32. The van der Waals surface area contributed by atoms with E-state index < -0.39 is 0 Å². The number of hydrogen-bond acceptors (Lipinski definition) is 4. The Kier molecular flexibility index (Phi) is 11.0. The molecule has 2 N–H and O–H groups in total. The lowest BCUT2D eigenvalue weighted by Gasteiger charge is -2.42. The fourth-order valence-electron chi connectivity index (χ4n) is 1.14. The van der Waals surface area contributed by atoms with Gasteiger partial charge >= 0.3 is 0 Å². The molecule has 0 spiro atoms. The van der Waals surface area contributed by atoms with Crippen LogP contribution in [-0.4, -0.2) is 31.1 Å². The first-order chi connectivity index (χ1) is 8.90. The van der Waals surface area contributed by atoms with E-state index in [0.29, 0.717) is 11.1 Å². The minimum atomic E-state index is -0.308. The van der Waals surface area contributed by atoms with Gasteiger partial charge in [0.25, 0.3) is 0 Å². The zero-order valence-corrected chi connectivity index (χ0v) is 14.5. The first-order valence-corrected chi connectivity index (χ1v) is 6.81. The second-order valence-corrected chi connectivity index (χ2v) is 6.31. The number of allylic oxidation sites excluding steroid dienone is 2. The van der Waals surface area contributed by atoms with Crippen molar-refractivity contribution in [2.45, 2.75) is 73.9 Å². The monoisotopic (exact) mass is 307 g/mol. The molecule has 0 unspecified atom stereocenters. The van der Waals surface area contributed by atoms with Gasteiger partial charge in [0.15, 0.2) is 11.6 Å². The molecule has 5 heteroatoms. The van der Waals surface area contributed by atoms with Crippen molar-refractivity contribution in [1.29, 1.82) is 0 Å². The van der Waals surface area contributed by atoms with E-state index in [2.05, 4.69) is 10.6 Å². The van der Waals surface area contributed by atoms with E-state index in [1.165, 1.54) is 0 Å². The van der Waals surface area contributed by atoms with Gasteiger partial charge in [-0.25, -0.2) is 0 Å². The summed E-state index contributed by atoms with van der Waals surface area (Å²) in [7, 11) is 0. The average molecular weight is 307 g/mol. The zero-order valence-electron chi connectivity index (χ0n) is 14.5. The number of ketones is 2. The van der Waals surface area contributed by atoms with Crippen LogP contribution in [0.25, 0.3) is 0 Å². The van der Waals surface area contributed by atoms with Crippen LogP contribution < -0.4 is 10.6 Å². The number of nitrogens with one attached hydrogen (secondary N) is 2. The van der Waals surface area contributed by atoms with Gasteiger partial charge in [-0.15, -0.1) is 0 Å². The van der Waals surface area contributed by atoms with Crippen LogP contribution in [0.1, 0.15) is 62.8 Å². The number of Topliss-reactive ketones (excluding diaryl/α,β-unsaturated/α-hetero) is 2. The predicted octanol–water partition coefficient (Wildman–Crippen LogP) is 2.96. The number of rotatable bonds is 7. The number of hydrogen-bond donors (Lipinski definition) is 2. The fourth-order valence-corrected chi connectivity index (χ4v) is 1.14. The molecule has 0 aromatic rings. The Balaban J connectivity index is -0.00000180. The van der Waals surface area contributed by atoms with Crippen molar-refractivity contribution < 1.29 is 9.59 Å². The first-order valence-electron chi connectivity index (χ1n) is 6.81. The maximum absolute atomic E-state index is 11.2. The van der Waals surface area contributed by atoms with E-state index in [-0.39, 0.29) is 38.5 Å². The van der Waals surface area contributed by atoms with Gasteiger partial charge in [-0.1, -0.05) is 7.43 Å². The van der Waals surface area contributed by atoms with Gasteiger partial charge in [0.2, 0.25) is 0 Å². The molecule has 4 nitrogen and oxygen atoms in total. The molecule has 22 heavy (non-hydrogen) atoms. The molecule has 0 fully saturated rings. The van der Waals surface area contributed by atoms with Crippen LogP contribution in [0.3, 0.4) is 0 Å². The van der Waals surface area contributed by atoms with Crippen molar-refractivity contribution in [2.24, 2.45) is 0 Å². The van der Waals surface area contributed by atoms with Crippen LogP contribution in [-0.2, 0) is 9.59 Å². The van der Waals surface area contributed by atoms with Crippen LogP contribution in [0, 0.1) is 0 Å². The summed E-state index contributed by atoms with van der Waals surface area (Å²) >= 11 is 0. The van der Waals surface area contributed by atoms with Gasteiger partial charge < -0.3 is 10.6 Å². The third kappa shape index (κ3) is 7.48. The van der Waals surface area contributed by atoms with Gasteiger partial charge in [-0.2, -0.15) is 0 Å². The molecule has 0 aliphatic heterocycles. The molecular weight excluding hydrogens is 275 g/mol. The quantitative estimate of drug-likeness (QED) is 0.561. The number of carbonyl (C=O) groups is 2. The summed E-state index contributed by atoms with van der Waals surface area (Å²) in [5.41, 5.74) is 0.753. The molecule has 3 radical (unpaired) electrons. The summed E-state index contributed by atoms with van der Waals surface area (Å²) < 4.78 is 0. The van der Waals surface area contributed by atoms with Crippen LogP contribution in [0.5, 0.6) is 0 Å². The summed E-state index contributed by atoms with van der Waals surface area (Å²) in [4.78, 5) is 22.5. The highest BCUT2D eigenvalue weighted by Gasteiger charge is 2.35. The summed E-state index contributed by atoms with van der Waals surface area (Å²) in [5.74, 6) is 0.0952. The van der Waals surface area contributed by atoms with Crippen molar-refractivity contribution in [3.63, 3.8) is 0 Å². The third-order valence-corrected chi connectivity index (χ3v) is 3.97. The Morgan fingerprint density at radius 1 is 0.727 bits per heavy atom. The molecule has 0 aliphatic rings. The second kappa shape index (κ2) is 9.49. The molecule has 0 bridgehead atoms. The van der Waals surface area contributed by atoms with Crippen molar-refractivity contribution >= 4 is 20.0 Å². The van der Waals surface area contributed by atoms with E-state index in [1.807, 2.05) is 27.7 Å². The molecule has 0 aromatic carbocycles. The zero-order chi connectivity index (χ0) is 16.1. The van der Waals surface area contributed by atoms with Crippen LogP contribution in [0.15, 0.2) is 23.5 Å². The van der Waals surface area contributed by atoms with Gasteiger partial charge in [0.05, 0.1) is 11.1 Å². The Morgan fingerprint density at radius 3 is 1.14 bits per heavy atom. The van der Waals surface area contributed by atoms with E-state index in [4.69, 9.17) is 0 Å². The molecule has 0 saturated carbocycles. The second-order valence-electron chi connectivity index (χ2n) is 6.31. The lowest BCUT2D eigenvalue weighted by Crippen LogP contribution is -2.60. The standard InChI is InChI=1S/C16H28N2O2.CH4.B/c1-11(13(3)19)9-17-15(5,6)16(7,8)18-10-12(2)14(4)20;;/h9-10,17-18H,1-8H3;1H4;. The summed E-state index contributed by atoms with van der Waals surface area (Å²) in [6.45, 7) is 14.8. The van der Waals surface area contributed by atoms with Gasteiger partial charge in [0, 0.05) is 32.0 Å². The maximum atomic E-state index is 11.2. The van der Waals surface area contributed by atoms with E-state index >= 15 is 0 Å². The highest BCUT2D eigenvalue weighted by Crippen LogP contribution is 2.21. The summed E-state index contributed by atoms with van der Waals surface area (Å²) in [5, 5.41) is 6.55. The molecule has 0 aliphatic carbocycles. The Bertz CT molecular complexity index is 408. The van der Waals surface area contributed by atoms with Crippen molar-refractivity contribution in [3.05, 3.63) is 23.5 Å². The van der Waals surface area contributed by atoms with Gasteiger partial charge in [-0.3, -0.25) is 9.59 Å². The van der Waals surface area contributed by atoms with Gasteiger partial charge in [0.1, 0.15) is 0 Å². The molecule has 0 saturated heterocycles. The topological polar surface area (TPSA) is 58.2 Å². The fraction of sp³-hybridized carbons (Fsp3) is 0.647. The molecule has 0 atom stereocenters. The Morgan fingerprint density at radius 2 is 0.955 bits per heavy atom. The van der Waals surface area contributed by atoms with Crippen LogP contribution in [0.4, 0.5) is 0 Å². The molecule has 0 heterocycles. The summed E-state index contributed by atoms with van der Waals surface area (Å²) in [6, 6.07) is 0. The Labute approximate surface area is 138 Å². The largest absolute Gasteiger partial charge is 0.383 e. The minimum absolute atomic E-state index is 0. The van der Waals surface area contributed by atoms with E-state index in [9.17, 15) is 9.59 Å². The molecule has 125 valence electrons. The van der Waals surface area contributed by atoms with Crippen LogP contribution in [0.2, 0.25) is 0 Å². The molecule has 0 aromatic heterocycles.